The normalized spacial score (nSPS) is 11.0. The van der Waals surface area contributed by atoms with Crippen molar-refractivity contribution in [1.82, 2.24) is 15.0 Å². The maximum atomic E-state index is 12.3. The molecule has 2 aromatic heterocycles. The number of benzene rings is 1. The van der Waals surface area contributed by atoms with Gasteiger partial charge in [0.1, 0.15) is 11.6 Å². The predicted molar refractivity (Wildman–Crippen MR) is 97.8 cm³/mol. The summed E-state index contributed by atoms with van der Waals surface area (Å²) in [5.74, 6) is 7.57. The number of hydrogen-bond donors (Lipinski definition) is 1. The highest BCUT2D eigenvalue weighted by Gasteiger charge is 2.18. The SMILES string of the molecule is COc1ccc(C#Cc2cncc3c(=O)[nH]c(C(C)(C)C)nc23)cc1. The molecule has 1 N–H and O–H groups in total. The Labute approximate surface area is 146 Å². The first-order valence-corrected chi connectivity index (χ1v) is 7.93. The highest BCUT2D eigenvalue weighted by molar-refractivity contribution is 5.82. The summed E-state index contributed by atoms with van der Waals surface area (Å²) in [5.41, 5.74) is 1.58. The lowest BCUT2D eigenvalue weighted by Gasteiger charge is -2.17. The molecule has 0 aliphatic heterocycles. The van der Waals surface area contributed by atoms with E-state index in [0.717, 1.165) is 11.3 Å². The summed E-state index contributed by atoms with van der Waals surface area (Å²) in [6.45, 7) is 6.00. The number of hydrogen-bond acceptors (Lipinski definition) is 4. The Hall–Kier alpha value is -3.13. The van der Waals surface area contributed by atoms with Crippen molar-refractivity contribution in [2.75, 3.05) is 7.11 Å². The molecule has 5 nitrogen and oxygen atoms in total. The van der Waals surface area contributed by atoms with Gasteiger partial charge in [-0.25, -0.2) is 4.98 Å². The molecule has 3 aromatic rings. The molecule has 0 saturated heterocycles. The number of nitrogens with zero attached hydrogens (tertiary/aromatic N) is 2. The molecule has 0 bridgehead atoms. The first kappa shape index (κ1) is 16.7. The number of nitrogens with one attached hydrogen (secondary N) is 1. The fourth-order valence-corrected chi connectivity index (χ4v) is 2.32. The fourth-order valence-electron chi connectivity index (χ4n) is 2.32. The zero-order valence-electron chi connectivity index (χ0n) is 14.7. The van der Waals surface area contributed by atoms with Gasteiger partial charge in [0.25, 0.3) is 5.56 Å². The first-order valence-electron chi connectivity index (χ1n) is 7.93. The molecule has 0 unspecified atom stereocenters. The third-order valence-corrected chi connectivity index (χ3v) is 3.76. The van der Waals surface area contributed by atoms with Gasteiger partial charge in [0.15, 0.2) is 0 Å². The molecular formula is C20H19N3O2. The number of aromatic nitrogens is 3. The van der Waals surface area contributed by atoms with E-state index in [-0.39, 0.29) is 11.0 Å². The highest BCUT2D eigenvalue weighted by Crippen LogP contribution is 2.20. The van der Waals surface area contributed by atoms with Crippen molar-refractivity contribution < 1.29 is 4.74 Å². The Balaban J connectivity index is 2.12. The lowest BCUT2D eigenvalue weighted by atomic mass is 9.95. The van der Waals surface area contributed by atoms with Crippen LogP contribution in [0.2, 0.25) is 0 Å². The summed E-state index contributed by atoms with van der Waals surface area (Å²) in [4.78, 5) is 23.9. The Morgan fingerprint density at radius 2 is 1.80 bits per heavy atom. The van der Waals surface area contributed by atoms with Gasteiger partial charge in [-0.1, -0.05) is 32.6 Å². The minimum Gasteiger partial charge on any atom is -0.497 e. The number of H-pyrrole nitrogens is 1. The van der Waals surface area contributed by atoms with Gasteiger partial charge in [-0.15, -0.1) is 0 Å². The molecule has 5 heteroatoms. The molecule has 0 atom stereocenters. The van der Waals surface area contributed by atoms with Crippen molar-refractivity contribution in [3.63, 3.8) is 0 Å². The third kappa shape index (κ3) is 3.53. The lowest BCUT2D eigenvalue weighted by Crippen LogP contribution is -2.22. The molecule has 0 fully saturated rings. The Morgan fingerprint density at radius 1 is 1.08 bits per heavy atom. The van der Waals surface area contributed by atoms with Crippen LogP contribution in [-0.2, 0) is 5.41 Å². The van der Waals surface area contributed by atoms with Crippen LogP contribution in [0.4, 0.5) is 0 Å². The summed E-state index contributed by atoms with van der Waals surface area (Å²) < 4.78 is 5.14. The minimum atomic E-state index is -0.267. The average molecular weight is 333 g/mol. The molecule has 1 aromatic carbocycles. The number of aromatic amines is 1. The largest absolute Gasteiger partial charge is 0.497 e. The quantitative estimate of drug-likeness (QED) is 0.695. The molecule has 0 amide bonds. The number of pyridine rings is 1. The number of rotatable bonds is 1. The van der Waals surface area contributed by atoms with Gasteiger partial charge in [0.05, 0.1) is 23.6 Å². The van der Waals surface area contributed by atoms with Crippen molar-refractivity contribution in [3.05, 3.63) is 64.0 Å². The fraction of sp³-hybridized carbons (Fsp3) is 0.250. The van der Waals surface area contributed by atoms with E-state index >= 15 is 0 Å². The van der Waals surface area contributed by atoms with Crippen LogP contribution in [0.5, 0.6) is 5.75 Å². The number of methoxy groups -OCH3 is 1. The standard InChI is InChI=1S/C20H19N3O2/c1-20(2,3)19-22-17-14(11-21-12-16(17)18(24)23-19)8-5-13-6-9-15(25-4)10-7-13/h6-7,9-12H,1-4H3,(H,22,23,24). The van der Waals surface area contributed by atoms with E-state index in [1.807, 2.05) is 45.0 Å². The monoisotopic (exact) mass is 333 g/mol. The summed E-state index contributed by atoms with van der Waals surface area (Å²) >= 11 is 0. The van der Waals surface area contributed by atoms with Crippen LogP contribution in [0.25, 0.3) is 10.9 Å². The van der Waals surface area contributed by atoms with Gasteiger partial charge in [-0.05, 0) is 24.3 Å². The predicted octanol–water partition coefficient (Wildman–Crippen LogP) is 3.02. The van der Waals surface area contributed by atoms with Gasteiger partial charge in [-0.2, -0.15) is 0 Å². The average Bonchev–Trinajstić information content (AvgIpc) is 2.59. The topological polar surface area (TPSA) is 67.9 Å². The third-order valence-electron chi connectivity index (χ3n) is 3.76. The van der Waals surface area contributed by atoms with Gasteiger partial charge in [-0.3, -0.25) is 9.78 Å². The van der Waals surface area contributed by atoms with E-state index in [0.29, 0.717) is 22.3 Å². The second kappa shape index (κ2) is 6.40. The number of ether oxygens (including phenoxy) is 1. The van der Waals surface area contributed by atoms with Crippen molar-refractivity contribution >= 4 is 10.9 Å². The second-order valence-corrected chi connectivity index (χ2v) is 6.73. The van der Waals surface area contributed by atoms with E-state index in [1.54, 1.807) is 13.3 Å². The van der Waals surface area contributed by atoms with Crippen LogP contribution in [0.3, 0.4) is 0 Å². The van der Waals surface area contributed by atoms with E-state index < -0.39 is 0 Å². The van der Waals surface area contributed by atoms with Crippen molar-refractivity contribution in [1.29, 1.82) is 0 Å². The van der Waals surface area contributed by atoms with Gasteiger partial charge in [0, 0.05) is 23.4 Å². The molecular weight excluding hydrogens is 314 g/mol. The van der Waals surface area contributed by atoms with E-state index in [1.165, 1.54) is 6.20 Å². The van der Waals surface area contributed by atoms with Gasteiger partial charge < -0.3 is 9.72 Å². The molecule has 0 aliphatic rings. The summed E-state index contributed by atoms with van der Waals surface area (Å²) in [5, 5.41) is 0.439. The Bertz CT molecular complexity index is 1030. The molecule has 126 valence electrons. The molecule has 0 radical (unpaired) electrons. The van der Waals surface area contributed by atoms with Gasteiger partial charge >= 0.3 is 0 Å². The van der Waals surface area contributed by atoms with Crippen molar-refractivity contribution in [2.24, 2.45) is 0 Å². The van der Waals surface area contributed by atoms with Crippen LogP contribution in [0.15, 0.2) is 41.5 Å². The molecule has 0 saturated carbocycles. The van der Waals surface area contributed by atoms with Crippen LogP contribution >= 0.6 is 0 Å². The maximum absolute atomic E-state index is 12.3. The molecule has 0 spiro atoms. The van der Waals surface area contributed by atoms with Crippen molar-refractivity contribution in [3.8, 4) is 17.6 Å². The van der Waals surface area contributed by atoms with E-state index in [4.69, 9.17) is 4.74 Å². The van der Waals surface area contributed by atoms with Crippen LogP contribution in [-0.4, -0.2) is 22.1 Å². The lowest BCUT2D eigenvalue weighted by molar-refractivity contribution is 0.415. The smallest absolute Gasteiger partial charge is 0.260 e. The highest BCUT2D eigenvalue weighted by atomic mass is 16.5. The van der Waals surface area contributed by atoms with E-state index in [2.05, 4.69) is 26.8 Å². The molecule has 0 aliphatic carbocycles. The first-order chi connectivity index (χ1) is 11.9. The van der Waals surface area contributed by atoms with E-state index in [9.17, 15) is 4.79 Å². The Morgan fingerprint density at radius 3 is 2.44 bits per heavy atom. The zero-order valence-corrected chi connectivity index (χ0v) is 14.7. The zero-order chi connectivity index (χ0) is 18.0. The summed E-state index contributed by atoms with van der Waals surface area (Å²) in [6, 6.07) is 7.47. The van der Waals surface area contributed by atoms with Crippen LogP contribution in [0.1, 0.15) is 37.7 Å². The summed E-state index contributed by atoms with van der Waals surface area (Å²) in [7, 11) is 1.62. The molecule has 25 heavy (non-hydrogen) atoms. The minimum absolute atomic E-state index is 0.199. The maximum Gasteiger partial charge on any atom is 0.260 e. The summed E-state index contributed by atoms with van der Waals surface area (Å²) in [6.07, 6.45) is 3.16. The number of fused-ring (bicyclic) bond motifs is 1. The second-order valence-electron chi connectivity index (χ2n) is 6.73. The van der Waals surface area contributed by atoms with Crippen LogP contribution in [0, 0.1) is 11.8 Å². The molecule has 3 rings (SSSR count). The Kier molecular flexibility index (Phi) is 4.28. The van der Waals surface area contributed by atoms with Crippen LogP contribution < -0.4 is 10.3 Å². The molecule has 2 heterocycles. The van der Waals surface area contributed by atoms with Crippen molar-refractivity contribution in [2.45, 2.75) is 26.2 Å². The van der Waals surface area contributed by atoms with Gasteiger partial charge in [0.2, 0.25) is 0 Å².